The van der Waals surface area contributed by atoms with Crippen molar-refractivity contribution in [2.24, 2.45) is 5.92 Å². The molecule has 3 nitrogen and oxygen atoms in total. The standard InChI is InChI=1S/C15H19F3N2O/c1-10-9-12(19-2)3-4-13(10)14(21)20-7-5-11(6-8-20)15(16,17)18/h3-4,9,11,19H,5-8H2,1-2H3. The van der Waals surface area contributed by atoms with Gasteiger partial charge in [0.05, 0.1) is 5.92 Å². The molecular formula is C15H19F3N2O. The highest BCUT2D eigenvalue weighted by Gasteiger charge is 2.41. The van der Waals surface area contributed by atoms with Crippen LogP contribution >= 0.6 is 0 Å². The van der Waals surface area contributed by atoms with Crippen molar-refractivity contribution in [1.82, 2.24) is 4.90 Å². The summed E-state index contributed by atoms with van der Waals surface area (Å²) in [7, 11) is 1.79. The van der Waals surface area contributed by atoms with Gasteiger partial charge in [-0.1, -0.05) is 0 Å². The molecule has 1 aromatic carbocycles. The van der Waals surface area contributed by atoms with E-state index in [1.54, 1.807) is 19.2 Å². The van der Waals surface area contributed by atoms with Crippen molar-refractivity contribution in [2.45, 2.75) is 25.9 Å². The Kier molecular flexibility index (Phi) is 4.44. The third-order valence-corrected chi connectivity index (χ3v) is 3.99. The lowest BCUT2D eigenvalue weighted by Crippen LogP contribution is -2.42. The molecule has 1 aliphatic rings. The number of hydrogen-bond donors (Lipinski definition) is 1. The highest BCUT2D eigenvalue weighted by Crippen LogP contribution is 2.34. The fraction of sp³-hybridized carbons (Fsp3) is 0.533. The predicted molar refractivity (Wildman–Crippen MR) is 75.4 cm³/mol. The van der Waals surface area contributed by atoms with Crippen LogP contribution in [0.2, 0.25) is 0 Å². The van der Waals surface area contributed by atoms with Gasteiger partial charge in [-0.3, -0.25) is 4.79 Å². The first-order valence-corrected chi connectivity index (χ1v) is 6.97. The highest BCUT2D eigenvalue weighted by molar-refractivity contribution is 5.96. The molecule has 6 heteroatoms. The Labute approximate surface area is 122 Å². The van der Waals surface area contributed by atoms with E-state index >= 15 is 0 Å². The molecule has 116 valence electrons. The number of nitrogens with zero attached hydrogens (tertiary/aromatic N) is 1. The quantitative estimate of drug-likeness (QED) is 0.907. The van der Waals surface area contributed by atoms with Crippen LogP contribution in [0, 0.1) is 12.8 Å². The van der Waals surface area contributed by atoms with E-state index in [0.29, 0.717) is 5.56 Å². The second-order valence-corrected chi connectivity index (χ2v) is 5.39. The summed E-state index contributed by atoms with van der Waals surface area (Å²) < 4.78 is 37.9. The van der Waals surface area contributed by atoms with Crippen molar-refractivity contribution in [3.8, 4) is 0 Å². The molecule has 0 unspecified atom stereocenters. The number of nitrogens with one attached hydrogen (secondary N) is 1. The molecule has 0 saturated carbocycles. The van der Waals surface area contributed by atoms with Crippen LogP contribution in [0.5, 0.6) is 0 Å². The molecule has 21 heavy (non-hydrogen) atoms. The van der Waals surface area contributed by atoms with Crippen LogP contribution in [0.1, 0.15) is 28.8 Å². The first-order valence-electron chi connectivity index (χ1n) is 6.97. The van der Waals surface area contributed by atoms with Crippen molar-refractivity contribution in [3.63, 3.8) is 0 Å². The van der Waals surface area contributed by atoms with Gasteiger partial charge in [0.2, 0.25) is 0 Å². The van der Waals surface area contributed by atoms with Crippen LogP contribution in [0.4, 0.5) is 18.9 Å². The average Bonchev–Trinajstić information content (AvgIpc) is 2.45. The van der Waals surface area contributed by atoms with E-state index in [1.807, 2.05) is 13.0 Å². The van der Waals surface area contributed by atoms with Crippen LogP contribution < -0.4 is 5.32 Å². The van der Waals surface area contributed by atoms with Crippen LogP contribution in [0.3, 0.4) is 0 Å². The third-order valence-electron chi connectivity index (χ3n) is 3.99. The molecular weight excluding hydrogens is 281 g/mol. The predicted octanol–water partition coefficient (Wildman–Crippen LogP) is 3.45. The summed E-state index contributed by atoms with van der Waals surface area (Å²) in [6.07, 6.45) is -4.18. The Balaban J connectivity index is 2.05. The number of carbonyl (C=O) groups is 1. The van der Waals surface area contributed by atoms with E-state index in [1.165, 1.54) is 4.90 Å². The molecule has 1 saturated heterocycles. The largest absolute Gasteiger partial charge is 0.391 e. The Hall–Kier alpha value is -1.72. The molecule has 2 rings (SSSR count). The first-order chi connectivity index (χ1) is 9.82. The summed E-state index contributed by atoms with van der Waals surface area (Å²) in [4.78, 5) is 13.9. The molecule has 0 bridgehead atoms. The molecule has 0 aliphatic carbocycles. The number of anilines is 1. The van der Waals surface area contributed by atoms with Crippen molar-refractivity contribution in [3.05, 3.63) is 29.3 Å². The molecule has 0 radical (unpaired) electrons. The van der Waals surface area contributed by atoms with E-state index < -0.39 is 12.1 Å². The van der Waals surface area contributed by atoms with Crippen molar-refractivity contribution >= 4 is 11.6 Å². The topological polar surface area (TPSA) is 32.3 Å². The van der Waals surface area contributed by atoms with Crippen molar-refractivity contribution in [1.29, 1.82) is 0 Å². The number of piperidine rings is 1. The fourth-order valence-electron chi connectivity index (χ4n) is 2.64. The zero-order valence-electron chi connectivity index (χ0n) is 12.1. The monoisotopic (exact) mass is 300 g/mol. The lowest BCUT2D eigenvalue weighted by molar-refractivity contribution is -0.183. The Morgan fingerprint density at radius 2 is 1.90 bits per heavy atom. The number of aryl methyl sites for hydroxylation is 1. The van der Waals surface area contributed by atoms with E-state index in [9.17, 15) is 18.0 Å². The number of carbonyl (C=O) groups excluding carboxylic acids is 1. The second kappa shape index (κ2) is 5.95. The van der Waals surface area contributed by atoms with Gasteiger partial charge in [-0.15, -0.1) is 0 Å². The van der Waals surface area contributed by atoms with Crippen LogP contribution in [0.15, 0.2) is 18.2 Å². The smallest absolute Gasteiger partial charge is 0.388 e. The van der Waals surface area contributed by atoms with Crippen LogP contribution in [0.25, 0.3) is 0 Å². The molecule has 1 amide bonds. The lowest BCUT2D eigenvalue weighted by atomic mass is 9.95. The number of amides is 1. The van der Waals surface area contributed by atoms with Gasteiger partial charge in [-0.05, 0) is 43.5 Å². The van der Waals surface area contributed by atoms with Crippen LogP contribution in [-0.2, 0) is 0 Å². The van der Waals surface area contributed by atoms with Crippen LogP contribution in [-0.4, -0.2) is 37.1 Å². The zero-order valence-corrected chi connectivity index (χ0v) is 12.1. The zero-order chi connectivity index (χ0) is 15.6. The third kappa shape index (κ3) is 3.49. The summed E-state index contributed by atoms with van der Waals surface area (Å²) in [6, 6.07) is 5.37. The molecule has 1 aromatic rings. The molecule has 1 aliphatic heterocycles. The Morgan fingerprint density at radius 1 is 1.29 bits per heavy atom. The number of likely N-dealkylation sites (tertiary alicyclic amines) is 1. The summed E-state index contributed by atoms with van der Waals surface area (Å²) in [5.41, 5.74) is 2.28. The van der Waals surface area contributed by atoms with E-state index in [-0.39, 0.29) is 31.8 Å². The maximum absolute atomic E-state index is 12.6. The first kappa shape index (κ1) is 15.7. The van der Waals surface area contributed by atoms with Crippen molar-refractivity contribution < 1.29 is 18.0 Å². The fourth-order valence-corrected chi connectivity index (χ4v) is 2.64. The normalized spacial score (nSPS) is 16.9. The van der Waals surface area contributed by atoms with Crippen molar-refractivity contribution in [2.75, 3.05) is 25.5 Å². The number of halogens is 3. The highest BCUT2D eigenvalue weighted by atomic mass is 19.4. The van der Waals surface area contributed by atoms with Gasteiger partial charge in [0.15, 0.2) is 0 Å². The minimum Gasteiger partial charge on any atom is -0.388 e. The molecule has 1 fully saturated rings. The van der Waals surface area contributed by atoms with Gasteiger partial charge in [0.1, 0.15) is 0 Å². The van der Waals surface area contributed by atoms with E-state index in [2.05, 4.69) is 5.32 Å². The van der Waals surface area contributed by atoms with Gasteiger partial charge >= 0.3 is 6.18 Å². The molecule has 0 atom stereocenters. The number of benzene rings is 1. The van der Waals surface area contributed by atoms with E-state index in [0.717, 1.165) is 11.3 Å². The summed E-state index contributed by atoms with van der Waals surface area (Å²) in [5, 5.41) is 2.99. The minimum atomic E-state index is -4.15. The van der Waals surface area contributed by atoms with Gasteiger partial charge < -0.3 is 10.2 Å². The molecule has 1 heterocycles. The average molecular weight is 300 g/mol. The maximum atomic E-state index is 12.6. The van der Waals surface area contributed by atoms with Gasteiger partial charge in [-0.25, -0.2) is 0 Å². The number of hydrogen-bond acceptors (Lipinski definition) is 2. The Bertz CT molecular complexity index is 520. The molecule has 0 spiro atoms. The maximum Gasteiger partial charge on any atom is 0.391 e. The van der Waals surface area contributed by atoms with Gasteiger partial charge in [0.25, 0.3) is 5.91 Å². The summed E-state index contributed by atoms with van der Waals surface area (Å²) in [5.74, 6) is -1.47. The minimum absolute atomic E-state index is 0.0110. The summed E-state index contributed by atoms with van der Waals surface area (Å²) in [6.45, 7) is 2.16. The molecule has 0 aromatic heterocycles. The SMILES string of the molecule is CNc1ccc(C(=O)N2CCC(C(F)(F)F)CC2)c(C)c1. The Morgan fingerprint density at radius 3 is 2.38 bits per heavy atom. The van der Waals surface area contributed by atoms with Gasteiger partial charge in [0, 0.05) is 31.4 Å². The number of rotatable bonds is 2. The van der Waals surface area contributed by atoms with E-state index in [4.69, 9.17) is 0 Å². The summed E-state index contributed by atoms with van der Waals surface area (Å²) >= 11 is 0. The lowest BCUT2D eigenvalue weighted by Gasteiger charge is -2.33. The second-order valence-electron chi connectivity index (χ2n) is 5.39. The molecule has 1 N–H and O–H groups in total. The van der Waals surface area contributed by atoms with Gasteiger partial charge in [-0.2, -0.15) is 13.2 Å². The number of alkyl halides is 3.